The molecule has 2 aromatic rings. The first-order chi connectivity index (χ1) is 12.2. The minimum absolute atomic E-state index is 0.0431. The maximum Gasteiger partial charge on any atom is 0.247 e. The van der Waals surface area contributed by atoms with Gasteiger partial charge in [0.15, 0.2) is 0 Å². The lowest BCUT2D eigenvalue weighted by Crippen LogP contribution is -2.39. The Bertz CT molecular complexity index is 665. The predicted molar refractivity (Wildman–Crippen MR) is 97.1 cm³/mol. The number of aliphatic hydroxyl groups excluding tert-OH is 1. The molecule has 1 aromatic heterocycles. The van der Waals surface area contributed by atoms with E-state index in [0.29, 0.717) is 17.7 Å². The summed E-state index contributed by atoms with van der Waals surface area (Å²) >= 11 is 0. The molecule has 3 rings (SSSR count). The van der Waals surface area contributed by atoms with Crippen LogP contribution in [0.4, 0.5) is 0 Å². The van der Waals surface area contributed by atoms with Gasteiger partial charge in [0.05, 0.1) is 12.6 Å². The molecule has 1 aliphatic heterocycles. The monoisotopic (exact) mass is 344 g/mol. The fourth-order valence-electron chi connectivity index (χ4n) is 3.29. The first-order valence-electron chi connectivity index (χ1n) is 9.12. The summed E-state index contributed by atoms with van der Waals surface area (Å²) in [5.41, 5.74) is 2.14. The molecule has 0 amide bonds. The van der Waals surface area contributed by atoms with Crippen molar-refractivity contribution < 1.29 is 9.52 Å². The van der Waals surface area contributed by atoms with Crippen LogP contribution < -0.4 is 5.32 Å². The summed E-state index contributed by atoms with van der Waals surface area (Å²) in [6.45, 7) is 8.25. The molecule has 0 aliphatic carbocycles. The summed E-state index contributed by atoms with van der Waals surface area (Å²) in [7, 11) is 0. The van der Waals surface area contributed by atoms with Crippen molar-refractivity contribution in [3.05, 3.63) is 35.7 Å². The lowest BCUT2D eigenvalue weighted by atomic mass is 9.96. The van der Waals surface area contributed by atoms with Gasteiger partial charge in [0.2, 0.25) is 11.8 Å². The largest absolute Gasteiger partial charge is 0.419 e. The van der Waals surface area contributed by atoms with Crippen molar-refractivity contribution in [2.45, 2.75) is 32.7 Å². The van der Waals surface area contributed by atoms with Crippen LogP contribution in [0.3, 0.4) is 0 Å². The van der Waals surface area contributed by atoms with Crippen LogP contribution in [-0.4, -0.2) is 53.0 Å². The molecule has 6 nitrogen and oxygen atoms in total. The van der Waals surface area contributed by atoms with Crippen molar-refractivity contribution in [3.63, 3.8) is 0 Å². The molecule has 2 N–H and O–H groups in total. The molecule has 1 aliphatic rings. The van der Waals surface area contributed by atoms with Gasteiger partial charge in [-0.1, -0.05) is 17.7 Å². The number of hydrogen-bond donors (Lipinski definition) is 2. The first-order valence-corrected chi connectivity index (χ1v) is 9.12. The van der Waals surface area contributed by atoms with Crippen molar-refractivity contribution in [1.82, 2.24) is 20.4 Å². The van der Waals surface area contributed by atoms with Gasteiger partial charge in [0.1, 0.15) is 0 Å². The molecule has 1 saturated heterocycles. The van der Waals surface area contributed by atoms with Gasteiger partial charge in [0, 0.05) is 12.1 Å². The Balaban J connectivity index is 1.50. The van der Waals surface area contributed by atoms with E-state index >= 15 is 0 Å². The fraction of sp³-hybridized carbons (Fsp3) is 0.579. The highest BCUT2D eigenvalue weighted by Gasteiger charge is 2.21. The number of rotatable bonds is 7. The number of aliphatic hydroxyl groups is 1. The van der Waals surface area contributed by atoms with Crippen molar-refractivity contribution in [2.24, 2.45) is 5.92 Å². The van der Waals surface area contributed by atoms with Crippen LogP contribution in [0, 0.1) is 12.8 Å². The van der Waals surface area contributed by atoms with E-state index in [2.05, 4.69) is 46.4 Å². The zero-order valence-corrected chi connectivity index (χ0v) is 15.1. The van der Waals surface area contributed by atoms with E-state index in [1.165, 1.54) is 5.56 Å². The Kier molecular flexibility index (Phi) is 6.18. The average molecular weight is 344 g/mol. The SMILES string of the molecule is Cc1cccc(-c2nnc([C@@H](C)NCC3CCN(CCO)CC3)o2)c1. The van der Waals surface area contributed by atoms with E-state index < -0.39 is 0 Å². The summed E-state index contributed by atoms with van der Waals surface area (Å²) in [5.74, 6) is 1.87. The number of β-amino-alcohol motifs (C(OH)–C–C–N with tert-alkyl or cyclic N) is 1. The van der Waals surface area contributed by atoms with Gasteiger partial charge in [-0.2, -0.15) is 0 Å². The van der Waals surface area contributed by atoms with Crippen LogP contribution in [-0.2, 0) is 0 Å². The van der Waals surface area contributed by atoms with Crippen molar-refractivity contribution in [3.8, 4) is 11.5 Å². The normalized spacial score (nSPS) is 17.7. The van der Waals surface area contributed by atoms with Crippen molar-refractivity contribution in [1.29, 1.82) is 0 Å². The van der Waals surface area contributed by atoms with Crippen molar-refractivity contribution in [2.75, 3.05) is 32.8 Å². The quantitative estimate of drug-likeness (QED) is 0.803. The van der Waals surface area contributed by atoms with E-state index in [4.69, 9.17) is 9.52 Å². The Hall–Kier alpha value is -1.76. The molecule has 136 valence electrons. The molecular formula is C19H28N4O2. The van der Waals surface area contributed by atoms with Gasteiger partial charge in [0.25, 0.3) is 0 Å². The molecule has 0 radical (unpaired) electrons. The molecule has 1 atom stereocenters. The average Bonchev–Trinajstić information content (AvgIpc) is 3.11. The minimum atomic E-state index is 0.0431. The van der Waals surface area contributed by atoms with Crippen LogP contribution in [0.1, 0.15) is 37.3 Å². The summed E-state index contributed by atoms with van der Waals surface area (Å²) < 4.78 is 5.85. The van der Waals surface area contributed by atoms with E-state index in [1.807, 2.05) is 12.1 Å². The lowest BCUT2D eigenvalue weighted by molar-refractivity contribution is 0.145. The number of likely N-dealkylation sites (tertiary alicyclic amines) is 1. The van der Waals surface area contributed by atoms with Crippen LogP contribution in [0.15, 0.2) is 28.7 Å². The molecule has 0 spiro atoms. The molecule has 6 heteroatoms. The van der Waals surface area contributed by atoms with Crippen LogP contribution in [0.5, 0.6) is 0 Å². The Labute approximate surface area is 149 Å². The predicted octanol–water partition coefficient (Wildman–Crippen LogP) is 2.40. The third kappa shape index (κ3) is 4.87. The second-order valence-corrected chi connectivity index (χ2v) is 6.95. The van der Waals surface area contributed by atoms with Gasteiger partial charge in [-0.3, -0.25) is 0 Å². The molecule has 0 bridgehead atoms. The van der Waals surface area contributed by atoms with Crippen LogP contribution >= 0.6 is 0 Å². The van der Waals surface area contributed by atoms with Gasteiger partial charge in [-0.15, -0.1) is 10.2 Å². The highest BCUT2D eigenvalue weighted by Crippen LogP contribution is 2.22. The van der Waals surface area contributed by atoms with E-state index in [1.54, 1.807) is 0 Å². The van der Waals surface area contributed by atoms with E-state index in [0.717, 1.165) is 44.6 Å². The molecule has 2 heterocycles. The maximum atomic E-state index is 9.01. The molecule has 0 saturated carbocycles. The molecule has 1 aromatic carbocycles. The first kappa shape index (κ1) is 18.0. The van der Waals surface area contributed by atoms with Crippen LogP contribution in [0.25, 0.3) is 11.5 Å². The zero-order valence-electron chi connectivity index (χ0n) is 15.1. The lowest BCUT2D eigenvalue weighted by Gasteiger charge is -2.31. The topological polar surface area (TPSA) is 74.4 Å². The molecular weight excluding hydrogens is 316 g/mol. The number of piperidine rings is 1. The number of aromatic nitrogens is 2. The summed E-state index contributed by atoms with van der Waals surface area (Å²) in [6.07, 6.45) is 2.33. The number of nitrogens with one attached hydrogen (secondary N) is 1. The second-order valence-electron chi connectivity index (χ2n) is 6.95. The molecule has 1 fully saturated rings. The van der Waals surface area contributed by atoms with E-state index in [-0.39, 0.29) is 12.6 Å². The standard InChI is InChI=1S/C19H28N4O2/c1-14-4-3-5-17(12-14)19-22-21-18(25-19)15(2)20-13-16-6-8-23(9-7-16)10-11-24/h3-5,12,15-16,20,24H,6-11,13H2,1-2H3/t15-/m1/s1. The smallest absolute Gasteiger partial charge is 0.247 e. The third-order valence-electron chi connectivity index (χ3n) is 4.91. The van der Waals surface area contributed by atoms with Gasteiger partial charge >= 0.3 is 0 Å². The summed E-state index contributed by atoms with van der Waals surface area (Å²) in [4.78, 5) is 2.33. The third-order valence-corrected chi connectivity index (χ3v) is 4.91. The van der Waals surface area contributed by atoms with Crippen LogP contribution in [0.2, 0.25) is 0 Å². The number of aryl methyl sites for hydroxylation is 1. The van der Waals surface area contributed by atoms with Crippen molar-refractivity contribution >= 4 is 0 Å². The van der Waals surface area contributed by atoms with Gasteiger partial charge in [-0.25, -0.2) is 0 Å². The Morgan fingerprint density at radius 1 is 1.32 bits per heavy atom. The molecule has 25 heavy (non-hydrogen) atoms. The van der Waals surface area contributed by atoms with Gasteiger partial charge in [-0.05, 0) is 64.4 Å². The highest BCUT2D eigenvalue weighted by atomic mass is 16.4. The summed E-state index contributed by atoms with van der Waals surface area (Å²) in [6, 6.07) is 8.13. The Morgan fingerprint density at radius 2 is 2.12 bits per heavy atom. The number of hydrogen-bond acceptors (Lipinski definition) is 6. The fourth-order valence-corrected chi connectivity index (χ4v) is 3.29. The Morgan fingerprint density at radius 3 is 2.84 bits per heavy atom. The molecule has 0 unspecified atom stereocenters. The number of benzene rings is 1. The zero-order chi connectivity index (χ0) is 17.6. The maximum absolute atomic E-state index is 9.01. The minimum Gasteiger partial charge on any atom is -0.419 e. The van der Waals surface area contributed by atoms with E-state index in [9.17, 15) is 0 Å². The highest BCUT2D eigenvalue weighted by molar-refractivity contribution is 5.53. The summed E-state index contributed by atoms with van der Waals surface area (Å²) in [5, 5.41) is 20.9. The second kappa shape index (κ2) is 8.56. The number of nitrogens with zero attached hydrogens (tertiary/aromatic N) is 3. The van der Waals surface area contributed by atoms with Gasteiger partial charge < -0.3 is 19.7 Å².